The van der Waals surface area contributed by atoms with Gasteiger partial charge >= 0.3 is 0 Å². The van der Waals surface area contributed by atoms with E-state index in [-0.39, 0.29) is 0 Å². The smallest absolute Gasteiger partial charge is 0.00324 e. The van der Waals surface area contributed by atoms with Crippen LogP contribution in [0.15, 0.2) is 11.1 Å². The van der Waals surface area contributed by atoms with Crippen LogP contribution in [0.25, 0.3) is 21.9 Å². The van der Waals surface area contributed by atoms with Gasteiger partial charge < -0.3 is 0 Å². The van der Waals surface area contributed by atoms with Crippen LogP contribution in [0.2, 0.25) is 0 Å². The van der Waals surface area contributed by atoms with Crippen LogP contribution in [0.5, 0.6) is 0 Å². The van der Waals surface area contributed by atoms with Gasteiger partial charge in [-0.1, -0.05) is 25.0 Å². The molecule has 2 aromatic carbocycles. The van der Waals surface area contributed by atoms with Gasteiger partial charge in [0.1, 0.15) is 0 Å². The van der Waals surface area contributed by atoms with Crippen LogP contribution < -0.4 is 0 Å². The van der Waals surface area contributed by atoms with Gasteiger partial charge in [-0.25, -0.2) is 0 Å². The quantitative estimate of drug-likeness (QED) is 0.459. The van der Waals surface area contributed by atoms with Crippen molar-refractivity contribution in [3.63, 3.8) is 0 Å². The molecule has 0 radical (unpaired) electrons. The molecule has 26 heavy (non-hydrogen) atoms. The Kier molecular flexibility index (Phi) is 3.62. The molecule has 0 fully saturated rings. The average Bonchev–Trinajstić information content (AvgIpc) is 2.60. The molecule has 0 saturated carbocycles. The fourth-order valence-corrected chi connectivity index (χ4v) is 5.82. The zero-order valence-corrected chi connectivity index (χ0v) is 18.2. The fraction of sp³-hybridized carbons (Fsp3) is 0.462. The van der Waals surface area contributed by atoms with E-state index < -0.39 is 0 Å². The summed E-state index contributed by atoms with van der Waals surface area (Å²) in [4.78, 5) is 0. The number of aryl methyl sites for hydroxylation is 2. The van der Waals surface area contributed by atoms with Crippen molar-refractivity contribution in [2.24, 2.45) is 5.92 Å². The monoisotopic (exact) mass is 344 g/mol. The van der Waals surface area contributed by atoms with Crippen molar-refractivity contribution in [2.45, 2.75) is 75.2 Å². The summed E-state index contributed by atoms with van der Waals surface area (Å²) in [5.74, 6) is 1.02. The van der Waals surface area contributed by atoms with E-state index in [0.29, 0.717) is 11.8 Å². The minimum atomic E-state index is 0.503. The first kappa shape index (κ1) is 17.6. The summed E-state index contributed by atoms with van der Waals surface area (Å²) in [6, 6.07) is 0. The SMILES string of the molecule is CC1=C(C)C(C)C2=C(C)C(C)c3c(C)c(C)c(C)c4c(C)c(C)c1c2c34. The predicted molar refractivity (Wildman–Crippen MR) is 116 cm³/mol. The van der Waals surface area contributed by atoms with Crippen LogP contribution in [-0.4, -0.2) is 0 Å². The minimum Gasteiger partial charge on any atom is -0.0625 e. The molecule has 0 aromatic heterocycles. The number of hydrogen-bond acceptors (Lipinski definition) is 0. The van der Waals surface area contributed by atoms with Gasteiger partial charge in [-0.15, -0.1) is 0 Å². The molecule has 2 unspecified atom stereocenters. The van der Waals surface area contributed by atoms with E-state index in [0.717, 1.165) is 0 Å². The third-order valence-electron chi connectivity index (χ3n) is 8.06. The maximum Gasteiger partial charge on any atom is 0.00324 e. The lowest BCUT2D eigenvalue weighted by Crippen LogP contribution is -2.21. The second-order valence-corrected chi connectivity index (χ2v) is 8.89. The molecule has 136 valence electrons. The van der Waals surface area contributed by atoms with E-state index in [4.69, 9.17) is 0 Å². The van der Waals surface area contributed by atoms with Gasteiger partial charge in [-0.3, -0.25) is 0 Å². The zero-order chi connectivity index (χ0) is 19.2. The van der Waals surface area contributed by atoms with Crippen molar-refractivity contribution in [3.05, 3.63) is 55.7 Å². The van der Waals surface area contributed by atoms with Crippen molar-refractivity contribution in [2.75, 3.05) is 0 Å². The van der Waals surface area contributed by atoms with Crippen molar-refractivity contribution < 1.29 is 0 Å². The molecule has 4 rings (SSSR count). The molecule has 0 bridgehead atoms. The molecule has 0 heterocycles. The molecule has 0 heteroatoms. The summed E-state index contributed by atoms with van der Waals surface area (Å²) in [6.45, 7) is 23.6. The van der Waals surface area contributed by atoms with Gasteiger partial charge in [0.2, 0.25) is 0 Å². The van der Waals surface area contributed by atoms with E-state index in [9.17, 15) is 0 Å². The van der Waals surface area contributed by atoms with Crippen LogP contribution in [-0.2, 0) is 0 Å². The summed E-state index contributed by atoms with van der Waals surface area (Å²) < 4.78 is 0. The Hall–Kier alpha value is -1.82. The fourth-order valence-electron chi connectivity index (χ4n) is 5.82. The summed E-state index contributed by atoms with van der Waals surface area (Å²) in [6.07, 6.45) is 0. The molecular formula is C26H32. The molecule has 0 aliphatic heterocycles. The predicted octanol–water partition coefficient (Wildman–Crippen LogP) is 7.72. The molecular weight excluding hydrogens is 312 g/mol. The summed E-state index contributed by atoms with van der Waals surface area (Å²) in [5, 5.41) is 3.09. The van der Waals surface area contributed by atoms with Crippen molar-refractivity contribution in [3.8, 4) is 0 Å². The minimum absolute atomic E-state index is 0.503. The Labute approximate surface area is 159 Å². The lowest BCUT2D eigenvalue weighted by atomic mass is 9.64. The van der Waals surface area contributed by atoms with Gasteiger partial charge in [0.15, 0.2) is 0 Å². The van der Waals surface area contributed by atoms with Gasteiger partial charge in [-0.2, -0.15) is 0 Å². The molecule has 0 spiro atoms. The topological polar surface area (TPSA) is 0 Å². The van der Waals surface area contributed by atoms with Crippen LogP contribution in [0.3, 0.4) is 0 Å². The van der Waals surface area contributed by atoms with Crippen LogP contribution in [0.4, 0.5) is 0 Å². The molecule has 2 atom stereocenters. The van der Waals surface area contributed by atoms with E-state index in [1.807, 2.05) is 0 Å². The Morgan fingerprint density at radius 1 is 0.500 bits per heavy atom. The number of allylic oxidation sites excluding steroid dienone is 4. The summed E-state index contributed by atoms with van der Waals surface area (Å²) in [7, 11) is 0. The number of rotatable bonds is 0. The third kappa shape index (κ3) is 1.81. The lowest BCUT2D eigenvalue weighted by molar-refractivity contribution is 0.814. The van der Waals surface area contributed by atoms with E-state index >= 15 is 0 Å². The lowest BCUT2D eigenvalue weighted by Gasteiger charge is -2.39. The Bertz CT molecular complexity index is 1070. The van der Waals surface area contributed by atoms with E-state index in [2.05, 4.69) is 69.2 Å². The first-order chi connectivity index (χ1) is 12.1. The van der Waals surface area contributed by atoms with Crippen molar-refractivity contribution in [1.82, 2.24) is 0 Å². The standard InChI is InChI=1S/C26H32/c1-11-13(3)21-17(7)19(9)23-15(5)12(2)16(6)24-20(10)18(8)22(14(11)4)25(21)26(23)24/h13,19H,1-10H3. The highest BCUT2D eigenvalue weighted by molar-refractivity contribution is 6.10. The summed E-state index contributed by atoms with van der Waals surface area (Å²) >= 11 is 0. The van der Waals surface area contributed by atoms with E-state index in [1.165, 1.54) is 44.3 Å². The van der Waals surface area contributed by atoms with Crippen molar-refractivity contribution >= 4 is 21.9 Å². The molecule has 0 amide bonds. The summed E-state index contributed by atoms with van der Waals surface area (Å²) in [5.41, 5.74) is 18.3. The Morgan fingerprint density at radius 3 is 1.69 bits per heavy atom. The van der Waals surface area contributed by atoms with Crippen LogP contribution in [0, 0.1) is 40.5 Å². The molecule has 0 nitrogen and oxygen atoms in total. The maximum atomic E-state index is 2.42. The second kappa shape index (κ2) is 5.35. The van der Waals surface area contributed by atoms with Gasteiger partial charge in [0.25, 0.3) is 0 Å². The maximum absolute atomic E-state index is 2.42. The molecule has 0 saturated heterocycles. The van der Waals surface area contributed by atoms with Crippen LogP contribution >= 0.6 is 0 Å². The van der Waals surface area contributed by atoms with Gasteiger partial charge in [0.05, 0.1) is 0 Å². The number of hydrogen-bond donors (Lipinski definition) is 0. The van der Waals surface area contributed by atoms with E-state index in [1.54, 1.807) is 33.2 Å². The molecule has 2 aliphatic carbocycles. The highest BCUT2D eigenvalue weighted by Crippen LogP contribution is 2.55. The van der Waals surface area contributed by atoms with Crippen LogP contribution in [0.1, 0.15) is 85.0 Å². The largest absolute Gasteiger partial charge is 0.0625 e. The number of benzene rings is 2. The highest BCUT2D eigenvalue weighted by Gasteiger charge is 2.36. The normalized spacial score (nSPS) is 21.9. The first-order valence-corrected chi connectivity index (χ1v) is 10.1. The molecule has 0 N–H and O–H groups in total. The zero-order valence-electron chi connectivity index (χ0n) is 18.2. The molecule has 2 aliphatic rings. The van der Waals surface area contributed by atoms with Gasteiger partial charge in [-0.05, 0) is 122 Å². The second-order valence-electron chi connectivity index (χ2n) is 8.89. The average molecular weight is 345 g/mol. The highest BCUT2D eigenvalue weighted by atomic mass is 14.4. The van der Waals surface area contributed by atoms with Crippen molar-refractivity contribution in [1.29, 1.82) is 0 Å². The molecule has 2 aromatic rings. The van der Waals surface area contributed by atoms with Gasteiger partial charge in [0, 0.05) is 11.8 Å². The first-order valence-electron chi connectivity index (χ1n) is 10.1. The Balaban J connectivity index is 2.42. The third-order valence-corrected chi connectivity index (χ3v) is 8.06. The Morgan fingerprint density at radius 2 is 1.08 bits per heavy atom.